The number of carboxylic acid groups (broad SMARTS) is 1. The molecule has 15 heteroatoms. The molecule has 4 aliphatic rings. The van der Waals surface area contributed by atoms with Crippen LogP contribution in [0.1, 0.15) is 70.6 Å². The van der Waals surface area contributed by atoms with E-state index in [1.807, 2.05) is 18.2 Å². The highest BCUT2D eigenvalue weighted by molar-refractivity contribution is 7.14. The van der Waals surface area contributed by atoms with Crippen molar-refractivity contribution in [3.05, 3.63) is 41.8 Å². The molecule has 2 aromatic heterocycles. The fourth-order valence-electron chi connectivity index (χ4n) is 7.66. The Morgan fingerprint density at radius 1 is 1.02 bits per heavy atom. The summed E-state index contributed by atoms with van der Waals surface area (Å²) in [7, 11) is 2.83. The van der Waals surface area contributed by atoms with Crippen molar-refractivity contribution in [2.24, 2.45) is 5.92 Å². The zero-order valence-corrected chi connectivity index (χ0v) is 30.7. The van der Waals surface area contributed by atoms with Gasteiger partial charge in [0.25, 0.3) is 5.91 Å². The summed E-state index contributed by atoms with van der Waals surface area (Å²) in [5, 5.41) is 18.4. The number of carbonyl (C=O) groups is 4. The molecule has 2 saturated carbocycles. The summed E-state index contributed by atoms with van der Waals surface area (Å²) in [6.07, 6.45) is 10.2. The van der Waals surface area contributed by atoms with E-state index in [4.69, 9.17) is 23.9 Å². The maximum absolute atomic E-state index is 14.5. The van der Waals surface area contributed by atoms with Crippen molar-refractivity contribution in [1.29, 1.82) is 0 Å². The number of pyridine rings is 1. The first-order valence-electron chi connectivity index (χ1n) is 18.3. The summed E-state index contributed by atoms with van der Waals surface area (Å²) in [5.41, 5.74) is 0.113. The van der Waals surface area contributed by atoms with Crippen molar-refractivity contribution in [3.63, 3.8) is 0 Å². The Kier molecular flexibility index (Phi) is 10.8. The smallest absolute Gasteiger partial charge is 0.413 e. The van der Waals surface area contributed by atoms with Crippen molar-refractivity contribution in [3.8, 4) is 22.9 Å². The van der Waals surface area contributed by atoms with Crippen LogP contribution in [0.15, 0.2) is 41.8 Å². The molecule has 14 nitrogen and oxygen atoms in total. The second kappa shape index (κ2) is 15.7. The highest BCUT2D eigenvalue weighted by atomic mass is 32.1. The number of aliphatic carboxylic acids is 1. The highest BCUT2D eigenvalue weighted by Gasteiger charge is 2.61. The fourth-order valence-corrected chi connectivity index (χ4v) is 8.35. The van der Waals surface area contributed by atoms with E-state index in [2.05, 4.69) is 15.6 Å². The van der Waals surface area contributed by atoms with E-state index in [1.54, 1.807) is 35.6 Å². The van der Waals surface area contributed by atoms with Gasteiger partial charge in [-0.2, -0.15) is 0 Å². The summed E-state index contributed by atoms with van der Waals surface area (Å²) >= 11 is 1.21. The second-order valence-corrected chi connectivity index (χ2v) is 15.1. The van der Waals surface area contributed by atoms with Crippen LogP contribution < -0.4 is 20.1 Å². The Bertz CT molecular complexity index is 1890. The van der Waals surface area contributed by atoms with Gasteiger partial charge in [0.05, 0.1) is 38.1 Å². The summed E-state index contributed by atoms with van der Waals surface area (Å²) in [4.78, 5) is 63.8. The minimum Gasteiger partial charge on any atom is -0.497 e. The van der Waals surface area contributed by atoms with Gasteiger partial charge in [-0.15, -0.1) is 11.3 Å². The van der Waals surface area contributed by atoms with Gasteiger partial charge in [-0.05, 0) is 50.7 Å². The lowest BCUT2D eigenvalue weighted by Gasteiger charge is -2.30. The zero-order chi connectivity index (χ0) is 37.1. The van der Waals surface area contributed by atoms with Crippen molar-refractivity contribution >= 4 is 51.2 Å². The number of amides is 3. The average Bonchev–Trinajstić information content (AvgIpc) is 3.59. The number of nitrogens with zero attached hydrogens (tertiary/aromatic N) is 3. The summed E-state index contributed by atoms with van der Waals surface area (Å²) in [6, 6.07) is 6.19. The Morgan fingerprint density at radius 3 is 2.60 bits per heavy atom. The molecular weight excluding hydrogens is 703 g/mol. The van der Waals surface area contributed by atoms with Crippen LogP contribution in [-0.2, 0) is 23.9 Å². The standard InChI is InChI=1S/C38H45N5O9S/c1-49-24-14-15-26-27(16-24)39-28(29-21-53-36(40-29)41-37(48)50-2)18-32(26)52-25-17-30-33(44)42-38(35(46)47)19-22(38)10-6-4-3-5-7-13-31(34(45)43(30)20-25)51-23-11-8-9-12-23/h6,10,14-16,18,21-23,25,30-31H,3-5,7-9,11-13,17,19-20H2,1-2H3,(H,42,44)(H,46,47)(H,40,41,48)/b10-6+. The van der Waals surface area contributed by atoms with E-state index in [1.165, 1.54) is 18.4 Å². The Hall–Kier alpha value is -4.76. The first-order valence-corrected chi connectivity index (χ1v) is 19.2. The SMILES string of the molecule is COC(=O)Nc1nc(-c2cc(OC3CC4C(=O)NC5(C(=O)O)CC5/C=C/CCCCCC(OC5CCCC5)C(=O)N4C3)c3ccc(OC)cc3n2)cs1. The van der Waals surface area contributed by atoms with E-state index in [-0.39, 0.29) is 30.9 Å². The lowest BCUT2D eigenvalue weighted by molar-refractivity contribution is -0.153. The molecule has 1 saturated heterocycles. The molecule has 2 aliphatic carbocycles. The number of carbonyl (C=O) groups excluding carboxylic acids is 3. The molecule has 7 rings (SSSR count). The van der Waals surface area contributed by atoms with E-state index in [9.17, 15) is 24.3 Å². The molecule has 5 unspecified atom stereocenters. The lowest BCUT2D eigenvalue weighted by Crippen LogP contribution is -2.54. The lowest BCUT2D eigenvalue weighted by atomic mass is 10.1. The third-order valence-electron chi connectivity index (χ3n) is 10.7. The zero-order valence-electron chi connectivity index (χ0n) is 29.9. The number of benzene rings is 1. The minimum atomic E-state index is -1.41. The van der Waals surface area contributed by atoms with Crippen LogP contribution in [0.2, 0.25) is 0 Å². The van der Waals surface area contributed by atoms with Gasteiger partial charge in [-0.25, -0.2) is 19.6 Å². The average molecular weight is 748 g/mol. The molecule has 3 aromatic rings. The van der Waals surface area contributed by atoms with Crippen LogP contribution in [0.4, 0.5) is 9.93 Å². The van der Waals surface area contributed by atoms with Gasteiger partial charge < -0.3 is 34.3 Å². The summed E-state index contributed by atoms with van der Waals surface area (Å²) in [5.74, 6) is -1.16. The molecule has 3 amide bonds. The van der Waals surface area contributed by atoms with Gasteiger partial charge >= 0.3 is 12.1 Å². The second-order valence-electron chi connectivity index (χ2n) is 14.2. The van der Waals surface area contributed by atoms with Gasteiger partial charge in [0.1, 0.15) is 41.0 Å². The number of carboxylic acids is 1. The third-order valence-corrected chi connectivity index (χ3v) is 11.4. The quantitative estimate of drug-likeness (QED) is 0.241. The molecular formula is C38H45N5O9S. The van der Waals surface area contributed by atoms with E-state index in [0.717, 1.165) is 51.4 Å². The molecule has 3 fully saturated rings. The van der Waals surface area contributed by atoms with Crippen molar-refractivity contribution in [2.75, 3.05) is 26.1 Å². The molecule has 53 heavy (non-hydrogen) atoms. The van der Waals surface area contributed by atoms with E-state index >= 15 is 0 Å². The number of rotatable bonds is 8. The predicted octanol–water partition coefficient (Wildman–Crippen LogP) is 5.70. The summed E-state index contributed by atoms with van der Waals surface area (Å²) in [6.45, 7) is 0.101. The van der Waals surface area contributed by atoms with E-state index in [0.29, 0.717) is 51.8 Å². The number of aromatic nitrogens is 2. The number of hydrogen-bond donors (Lipinski definition) is 3. The van der Waals surface area contributed by atoms with Crippen molar-refractivity contribution in [1.82, 2.24) is 20.2 Å². The van der Waals surface area contributed by atoms with Crippen LogP contribution in [0.3, 0.4) is 0 Å². The minimum absolute atomic E-state index is 0.00830. The molecule has 3 N–H and O–H groups in total. The maximum atomic E-state index is 14.5. The first kappa shape index (κ1) is 36.6. The van der Waals surface area contributed by atoms with Gasteiger partial charge in [-0.3, -0.25) is 14.9 Å². The summed E-state index contributed by atoms with van der Waals surface area (Å²) < 4.78 is 23.3. The predicted molar refractivity (Wildman–Crippen MR) is 196 cm³/mol. The van der Waals surface area contributed by atoms with Gasteiger partial charge in [-0.1, -0.05) is 37.8 Å². The van der Waals surface area contributed by atoms with Crippen LogP contribution >= 0.6 is 11.3 Å². The number of fused-ring (bicyclic) bond motifs is 3. The van der Waals surface area contributed by atoms with Crippen LogP contribution in [-0.4, -0.2) is 94.5 Å². The topological polar surface area (TPSA) is 179 Å². The molecule has 4 heterocycles. The van der Waals surface area contributed by atoms with Crippen molar-refractivity contribution in [2.45, 2.75) is 101 Å². The molecule has 2 aliphatic heterocycles. The van der Waals surface area contributed by atoms with Gasteiger partial charge in [0, 0.05) is 35.2 Å². The normalized spacial score (nSPS) is 27.2. The Labute approximate surface area is 311 Å². The third kappa shape index (κ3) is 7.96. The monoisotopic (exact) mass is 747 g/mol. The van der Waals surface area contributed by atoms with Crippen LogP contribution in [0, 0.1) is 5.92 Å². The number of methoxy groups -OCH3 is 2. The van der Waals surface area contributed by atoms with Crippen LogP contribution in [0.25, 0.3) is 22.3 Å². The Morgan fingerprint density at radius 2 is 1.83 bits per heavy atom. The number of hydrogen-bond acceptors (Lipinski definition) is 11. The molecule has 5 atom stereocenters. The molecule has 1 aromatic carbocycles. The fraction of sp³-hybridized carbons (Fsp3) is 0.526. The van der Waals surface area contributed by atoms with Crippen LogP contribution in [0.5, 0.6) is 11.5 Å². The molecule has 282 valence electrons. The largest absolute Gasteiger partial charge is 0.497 e. The van der Waals surface area contributed by atoms with Gasteiger partial charge in [0.15, 0.2) is 5.13 Å². The number of ether oxygens (including phenoxy) is 4. The molecule has 0 radical (unpaired) electrons. The van der Waals surface area contributed by atoms with Crippen molar-refractivity contribution < 1.29 is 43.2 Å². The number of thiazole rings is 1. The highest BCUT2D eigenvalue weighted by Crippen LogP contribution is 2.45. The molecule has 0 bridgehead atoms. The van der Waals surface area contributed by atoms with E-state index < -0.39 is 41.8 Å². The number of anilines is 1. The number of nitrogens with one attached hydrogen (secondary N) is 2. The first-order chi connectivity index (χ1) is 25.7. The maximum Gasteiger partial charge on any atom is 0.413 e. The molecule has 0 spiro atoms. The Balaban J connectivity index is 1.21. The van der Waals surface area contributed by atoms with Gasteiger partial charge in [0.2, 0.25) is 5.91 Å². The number of allylic oxidation sites excluding steroid dienone is 1.